The fourth-order valence-corrected chi connectivity index (χ4v) is 1.09. The molecule has 0 aliphatic rings. The van der Waals surface area contributed by atoms with E-state index in [0.29, 0.717) is 0 Å². The van der Waals surface area contributed by atoms with Crippen molar-refractivity contribution in [3.63, 3.8) is 0 Å². The fourth-order valence-electron chi connectivity index (χ4n) is 0.423. The summed E-state index contributed by atoms with van der Waals surface area (Å²) in [6.07, 6.45) is 1.13. The third kappa shape index (κ3) is 7.80. The van der Waals surface area contributed by atoms with Gasteiger partial charge in [-0.2, -0.15) is 0 Å². The number of rotatable bonds is 4. The quantitative estimate of drug-likeness (QED) is 0.681. The summed E-state index contributed by atoms with van der Waals surface area (Å²) in [6.45, 7) is 0.184. The number of alkyl halides is 1. The molecule has 0 heterocycles. The van der Waals surface area contributed by atoms with Crippen LogP contribution in [0.15, 0.2) is 0 Å². The van der Waals surface area contributed by atoms with Crippen LogP contribution in [0.5, 0.6) is 0 Å². The average molecular weight is 244 g/mol. The van der Waals surface area contributed by atoms with Gasteiger partial charge in [0.05, 0.1) is 11.1 Å². The number of halogens is 1. The lowest BCUT2D eigenvalue weighted by Crippen LogP contribution is -2.29. The molecule has 0 saturated heterocycles. The Labute approximate surface area is 74.4 Å². The van der Waals surface area contributed by atoms with E-state index in [1.807, 2.05) is 0 Å². The van der Waals surface area contributed by atoms with Crippen molar-refractivity contribution in [1.29, 1.82) is 0 Å². The summed E-state index contributed by atoms with van der Waals surface area (Å²) in [5, 5.41) is 2.63. The van der Waals surface area contributed by atoms with Gasteiger partial charge in [0.1, 0.15) is 9.84 Å². The molecule has 0 atom stereocenters. The normalized spacial score (nSPS) is 11.1. The molecule has 0 radical (unpaired) electrons. The topological polar surface area (TPSA) is 63.2 Å². The van der Waals surface area contributed by atoms with E-state index >= 15 is 0 Å². The summed E-state index contributed by atoms with van der Waals surface area (Å²) in [5.74, 6) is -0.209. The van der Waals surface area contributed by atoms with Crippen molar-refractivity contribution < 1.29 is 13.2 Å². The van der Waals surface area contributed by atoms with Crippen molar-refractivity contribution in [2.75, 3.05) is 23.9 Å². The number of amides is 1. The molecule has 0 saturated carbocycles. The Morgan fingerprint density at radius 2 is 2.09 bits per heavy atom. The van der Waals surface area contributed by atoms with Crippen LogP contribution in [-0.2, 0) is 14.6 Å². The van der Waals surface area contributed by atoms with Gasteiger partial charge < -0.3 is 5.32 Å². The molecule has 0 aliphatic carbocycles. The molecule has 0 fully saturated rings. The van der Waals surface area contributed by atoms with Crippen molar-refractivity contribution in [1.82, 2.24) is 5.32 Å². The van der Waals surface area contributed by atoms with Crippen molar-refractivity contribution >= 4 is 31.7 Å². The first-order valence-corrected chi connectivity index (χ1v) is 6.14. The summed E-state index contributed by atoms with van der Waals surface area (Å²) >= 11 is 2.93. The minimum absolute atomic E-state index is 0.00819. The summed E-state index contributed by atoms with van der Waals surface area (Å²) in [7, 11) is -2.96. The van der Waals surface area contributed by atoms with E-state index < -0.39 is 9.84 Å². The lowest BCUT2D eigenvalue weighted by Gasteiger charge is -1.99. The molecule has 66 valence electrons. The van der Waals surface area contributed by atoms with E-state index in [2.05, 4.69) is 21.2 Å². The van der Waals surface area contributed by atoms with Crippen molar-refractivity contribution in [3.8, 4) is 0 Å². The third-order valence-electron chi connectivity index (χ3n) is 0.916. The Kier molecular flexibility index (Phi) is 4.67. The molecule has 0 unspecified atom stereocenters. The molecule has 0 aliphatic heterocycles. The highest BCUT2D eigenvalue weighted by Crippen LogP contribution is 1.81. The monoisotopic (exact) mass is 243 g/mol. The van der Waals surface area contributed by atoms with Crippen LogP contribution in [0, 0.1) is 0 Å². The zero-order valence-electron chi connectivity index (χ0n) is 6.13. The Morgan fingerprint density at radius 1 is 1.55 bits per heavy atom. The molecular weight excluding hydrogens is 234 g/mol. The Balaban J connectivity index is 3.51. The lowest BCUT2D eigenvalue weighted by atomic mass is 10.6. The number of carbonyl (C=O) groups is 1. The standard InChI is InChI=1S/C5H10BrNO3S/c1-11(9,10)3-2-7-5(8)4-6/h2-4H2,1H3,(H,7,8). The number of carbonyl (C=O) groups excluding carboxylic acids is 1. The van der Waals surface area contributed by atoms with Gasteiger partial charge in [0, 0.05) is 12.8 Å². The maximum Gasteiger partial charge on any atom is 0.230 e. The van der Waals surface area contributed by atoms with Crippen LogP contribution in [0.2, 0.25) is 0 Å². The fraction of sp³-hybridized carbons (Fsp3) is 0.800. The molecule has 0 spiro atoms. The molecule has 1 amide bonds. The SMILES string of the molecule is CS(=O)(=O)CCNC(=O)CBr. The van der Waals surface area contributed by atoms with Crippen LogP contribution >= 0.6 is 15.9 Å². The van der Waals surface area contributed by atoms with Gasteiger partial charge >= 0.3 is 0 Å². The largest absolute Gasteiger partial charge is 0.354 e. The zero-order valence-corrected chi connectivity index (χ0v) is 8.53. The zero-order chi connectivity index (χ0) is 8.91. The van der Waals surface area contributed by atoms with Gasteiger partial charge in [-0.05, 0) is 0 Å². The van der Waals surface area contributed by atoms with Crippen LogP contribution in [0.1, 0.15) is 0 Å². The van der Waals surface area contributed by atoms with Gasteiger partial charge in [-0.25, -0.2) is 8.42 Å². The first-order valence-electron chi connectivity index (χ1n) is 2.96. The van der Waals surface area contributed by atoms with Gasteiger partial charge in [0.25, 0.3) is 0 Å². The summed E-state index contributed by atoms with van der Waals surface area (Å²) in [4.78, 5) is 10.5. The molecule has 1 N–H and O–H groups in total. The first kappa shape index (κ1) is 10.9. The highest BCUT2D eigenvalue weighted by molar-refractivity contribution is 9.09. The van der Waals surface area contributed by atoms with E-state index in [1.54, 1.807) is 0 Å². The molecule has 0 rings (SSSR count). The van der Waals surface area contributed by atoms with E-state index in [1.165, 1.54) is 0 Å². The van der Waals surface area contributed by atoms with Crippen LogP contribution in [0.25, 0.3) is 0 Å². The molecule has 4 nitrogen and oxygen atoms in total. The number of hydrogen-bond acceptors (Lipinski definition) is 3. The second-order valence-corrected chi connectivity index (χ2v) is 4.93. The summed E-state index contributed by atoms with van der Waals surface area (Å²) in [5.41, 5.74) is 0. The first-order chi connectivity index (χ1) is 4.95. The maximum atomic E-state index is 10.5. The molecular formula is C5H10BrNO3S. The highest BCUT2D eigenvalue weighted by atomic mass is 79.9. The van der Waals surface area contributed by atoms with E-state index in [-0.39, 0.29) is 23.5 Å². The number of hydrogen-bond donors (Lipinski definition) is 1. The number of nitrogens with one attached hydrogen (secondary N) is 1. The summed E-state index contributed by atoms with van der Waals surface area (Å²) in [6, 6.07) is 0. The molecule has 0 aromatic carbocycles. The van der Waals surface area contributed by atoms with Gasteiger partial charge in [0.15, 0.2) is 0 Å². The average Bonchev–Trinajstić information content (AvgIpc) is 1.85. The smallest absolute Gasteiger partial charge is 0.230 e. The van der Waals surface area contributed by atoms with Gasteiger partial charge in [-0.15, -0.1) is 0 Å². The predicted octanol–water partition coefficient (Wildman–Crippen LogP) is -0.458. The van der Waals surface area contributed by atoms with Gasteiger partial charge in [-0.1, -0.05) is 15.9 Å². The van der Waals surface area contributed by atoms with Crippen LogP contribution < -0.4 is 5.32 Å². The Hall–Kier alpha value is -0.100. The van der Waals surface area contributed by atoms with Gasteiger partial charge in [0.2, 0.25) is 5.91 Å². The Bertz CT molecular complexity index is 224. The van der Waals surface area contributed by atoms with Gasteiger partial charge in [-0.3, -0.25) is 4.79 Å². The molecule has 0 aromatic rings. The minimum atomic E-state index is -2.96. The van der Waals surface area contributed by atoms with Crippen LogP contribution in [0.4, 0.5) is 0 Å². The van der Waals surface area contributed by atoms with E-state index in [0.717, 1.165) is 6.26 Å². The highest BCUT2D eigenvalue weighted by Gasteiger charge is 2.02. The second-order valence-electron chi connectivity index (χ2n) is 2.11. The molecule has 0 aromatic heterocycles. The molecule has 0 bridgehead atoms. The third-order valence-corrected chi connectivity index (χ3v) is 2.37. The second kappa shape index (κ2) is 4.71. The van der Waals surface area contributed by atoms with E-state index in [9.17, 15) is 13.2 Å². The molecule has 11 heavy (non-hydrogen) atoms. The minimum Gasteiger partial charge on any atom is -0.354 e. The predicted molar refractivity (Wildman–Crippen MR) is 46.5 cm³/mol. The lowest BCUT2D eigenvalue weighted by molar-refractivity contribution is -0.118. The van der Waals surface area contributed by atoms with Crippen LogP contribution in [0.3, 0.4) is 0 Å². The number of sulfone groups is 1. The summed E-state index contributed by atoms with van der Waals surface area (Å²) < 4.78 is 21.1. The molecule has 6 heteroatoms. The van der Waals surface area contributed by atoms with E-state index in [4.69, 9.17) is 0 Å². The van der Waals surface area contributed by atoms with Crippen molar-refractivity contribution in [2.45, 2.75) is 0 Å². The maximum absolute atomic E-state index is 10.5. The Morgan fingerprint density at radius 3 is 2.45 bits per heavy atom. The van der Waals surface area contributed by atoms with Crippen LogP contribution in [-0.4, -0.2) is 38.2 Å². The van der Waals surface area contributed by atoms with Crippen molar-refractivity contribution in [2.24, 2.45) is 0 Å². The van der Waals surface area contributed by atoms with Crippen molar-refractivity contribution in [3.05, 3.63) is 0 Å².